The van der Waals surface area contributed by atoms with Gasteiger partial charge in [0.2, 0.25) is 0 Å². The number of fused-ring (bicyclic) bond motifs is 3. The molecule has 150 valence electrons. The van der Waals surface area contributed by atoms with Crippen molar-refractivity contribution in [2.24, 2.45) is 0 Å². The summed E-state index contributed by atoms with van der Waals surface area (Å²) >= 11 is 0. The maximum atomic E-state index is 12.9. The van der Waals surface area contributed by atoms with E-state index in [1.807, 2.05) is 39.9 Å². The van der Waals surface area contributed by atoms with Crippen molar-refractivity contribution in [1.82, 2.24) is 25.0 Å². The molecule has 0 radical (unpaired) electrons. The molecule has 2 saturated heterocycles. The van der Waals surface area contributed by atoms with Crippen molar-refractivity contribution in [3.8, 4) is 12.0 Å². The Balaban J connectivity index is 1.24. The first-order valence-electron chi connectivity index (χ1n) is 10.7. The molecule has 7 heteroatoms. The molecular weight excluding hydrogens is 376 g/mol. The van der Waals surface area contributed by atoms with Gasteiger partial charge < -0.3 is 10.2 Å². The van der Waals surface area contributed by atoms with Crippen molar-refractivity contribution < 1.29 is 4.79 Å². The van der Waals surface area contributed by atoms with Crippen LogP contribution in [0.3, 0.4) is 0 Å². The number of benzene rings is 1. The van der Waals surface area contributed by atoms with Gasteiger partial charge in [-0.25, -0.2) is 9.67 Å². The van der Waals surface area contributed by atoms with Crippen molar-refractivity contribution in [1.29, 1.82) is 5.26 Å². The van der Waals surface area contributed by atoms with Crippen LogP contribution in [-0.4, -0.2) is 43.7 Å². The molecule has 1 aliphatic carbocycles. The fourth-order valence-electron chi connectivity index (χ4n) is 5.07. The van der Waals surface area contributed by atoms with Crippen LogP contribution in [0.4, 0.5) is 0 Å². The number of nitrogens with one attached hydrogen (secondary N) is 1. The molecule has 0 unspecified atom stereocenters. The highest BCUT2D eigenvalue weighted by Crippen LogP contribution is 2.39. The number of amides is 1. The predicted molar refractivity (Wildman–Crippen MR) is 111 cm³/mol. The Morgan fingerprint density at radius 1 is 1.17 bits per heavy atom. The number of carbonyl (C=O) groups is 1. The first-order valence-corrected chi connectivity index (χ1v) is 10.7. The van der Waals surface area contributed by atoms with Crippen LogP contribution < -0.4 is 5.32 Å². The molecule has 2 bridgehead atoms. The minimum absolute atomic E-state index is 0.0451. The van der Waals surface area contributed by atoms with E-state index in [0.717, 1.165) is 41.7 Å². The Morgan fingerprint density at radius 2 is 2.07 bits per heavy atom. The molecule has 0 spiro atoms. The van der Waals surface area contributed by atoms with Gasteiger partial charge in [-0.05, 0) is 62.4 Å². The lowest BCUT2D eigenvalue weighted by molar-refractivity contribution is 0.0928. The summed E-state index contributed by atoms with van der Waals surface area (Å²) in [5.41, 5.74) is 2.68. The lowest BCUT2D eigenvalue weighted by Crippen LogP contribution is -2.43. The maximum Gasteiger partial charge on any atom is 0.251 e. The topological polar surface area (TPSA) is 86.8 Å². The summed E-state index contributed by atoms with van der Waals surface area (Å²) < 4.78 is 1.84. The Morgan fingerprint density at radius 3 is 2.87 bits per heavy atom. The van der Waals surface area contributed by atoms with Gasteiger partial charge in [-0.3, -0.25) is 4.79 Å². The van der Waals surface area contributed by atoms with E-state index < -0.39 is 0 Å². The first kappa shape index (κ1) is 17.5. The van der Waals surface area contributed by atoms with Gasteiger partial charge in [-0.15, -0.1) is 0 Å². The van der Waals surface area contributed by atoms with Crippen LogP contribution in [-0.2, 0) is 0 Å². The number of hydrogen-bond donors (Lipinski definition) is 1. The zero-order valence-corrected chi connectivity index (χ0v) is 16.5. The summed E-state index contributed by atoms with van der Waals surface area (Å²) in [6.07, 6.45) is 9.37. The van der Waals surface area contributed by atoms with Crippen molar-refractivity contribution in [2.45, 2.75) is 56.1 Å². The molecule has 6 rings (SSSR count). The predicted octanol–water partition coefficient (Wildman–Crippen LogP) is 3.11. The minimum atomic E-state index is -0.0889. The van der Waals surface area contributed by atoms with Crippen LogP contribution in [0.5, 0.6) is 0 Å². The lowest BCUT2D eigenvalue weighted by Gasteiger charge is -2.21. The van der Waals surface area contributed by atoms with E-state index >= 15 is 0 Å². The second-order valence-electron chi connectivity index (χ2n) is 8.65. The minimum Gasteiger partial charge on any atom is -0.347 e. The Labute approximate surface area is 174 Å². The summed E-state index contributed by atoms with van der Waals surface area (Å²) in [7, 11) is 0. The zero-order valence-electron chi connectivity index (χ0n) is 16.5. The number of carbonyl (C=O) groups excluding carboxylic acids is 1. The van der Waals surface area contributed by atoms with E-state index in [0.29, 0.717) is 11.5 Å². The van der Waals surface area contributed by atoms with Crippen LogP contribution >= 0.6 is 0 Å². The number of aromatic nitrogens is 3. The molecule has 1 amide bonds. The van der Waals surface area contributed by atoms with Gasteiger partial charge in [0.05, 0.1) is 23.8 Å². The Hall–Kier alpha value is -3.40. The van der Waals surface area contributed by atoms with E-state index in [1.165, 1.54) is 12.8 Å². The quantitative estimate of drug-likeness (QED) is 0.683. The molecule has 1 aromatic carbocycles. The summed E-state index contributed by atoms with van der Waals surface area (Å²) in [5, 5.41) is 17.9. The van der Waals surface area contributed by atoms with Crippen molar-refractivity contribution >= 4 is 16.8 Å². The van der Waals surface area contributed by atoms with E-state index in [4.69, 9.17) is 4.98 Å². The fraction of sp³-hybridized carbons (Fsp3) is 0.391. The zero-order chi connectivity index (χ0) is 20.2. The molecule has 3 aromatic rings. The van der Waals surface area contributed by atoms with E-state index in [1.54, 1.807) is 6.20 Å². The van der Waals surface area contributed by atoms with Gasteiger partial charge in [0.1, 0.15) is 0 Å². The van der Waals surface area contributed by atoms with Gasteiger partial charge in [0.25, 0.3) is 5.91 Å². The third-order valence-corrected chi connectivity index (χ3v) is 6.77. The summed E-state index contributed by atoms with van der Waals surface area (Å²) in [6, 6.07) is 12.2. The molecule has 1 N–H and O–H groups in total. The largest absolute Gasteiger partial charge is 0.347 e. The van der Waals surface area contributed by atoms with Crippen LogP contribution in [0.25, 0.3) is 16.7 Å². The van der Waals surface area contributed by atoms with E-state index in [-0.39, 0.29) is 24.0 Å². The highest BCUT2D eigenvalue weighted by atomic mass is 16.1. The van der Waals surface area contributed by atoms with Gasteiger partial charge in [0, 0.05) is 28.6 Å². The van der Waals surface area contributed by atoms with Crippen LogP contribution in [0.1, 0.15) is 54.1 Å². The third-order valence-electron chi connectivity index (χ3n) is 6.77. The Bertz CT molecular complexity index is 1190. The second-order valence-corrected chi connectivity index (χ2v) is 8.65. The molecule has 2 aliphatic heterocycles. The summed E-state index contributed by atoms with van der Waals surface area (Å²) in [5.74, 6) is 1.31. The molecule has 3 fully saturated rings. The number of nitriles is 1. The fourth-order valence-corrected chi connectivity index (χ4v) is 5.07. The molecule has 7 nitrogen and oxygen atoms in total. The molecule has 1 saturated carbocycles. The highest BCUT2D eigenvalue weighted by molar-refractivity contribution is 5.98. The Kier molecular flexibility index (Phi) is 3.82. The monoisotopic (exact) mass is 398 g/mol. The second kappa shape index (κ2) is 6.56. The standard InChI is InChI=1S/C23H22N6O/c24-13-28-17-7-9-21(28)19(11-17)27-23(30)15-6-8-20-16(10-15)12-25-29(20)22-3-1-2-18(26-22)14-4-5-14/h1-3,6,8,10,12,14,17,19,21H,4-5,7,9,11H2,(H,27,30)/t17-,19+,21+/m0/s1. The number of pyridine rings is 1. The molecule has 2 aromatic heterocycles. The summed E-state index contributed by atoms with van der Waals surface area (Å²) in [6.45, 7) is 0. The van der Waals surface area contributed by atoms with Gasteiger partial charge >= 0.3 is 0 Å². The van der Waals surface area contributed by atoms with E-state index in [2.05, 4.69) is 22.7 Å². The number of hydrogen-bond acceptors (Lipinski definition) is 5. The smallest absolute Gasteiger partial charge is 0.251 e. The molecule has 30 heavy (non-hydrogen) atoms. The molecular formula is C23H22N6O. The molecule has 3 aliphatic rings. The van der Waals surface area contributed by atoms with Gasteiger partial charge in [-0.1, -0.05) is 6.07 Å². The third kappa shape index (κ3) is 2.75. The van der Waals surface area contributed by atoms with Gasteiger partial charge in [-0.2, -0.15) is 10.4 Å². The van der Waals surface area contributed by atoms with Crippen molar-refractivity contribution in [2.75, 3.05) is 0 Å². The van der Waals surface area contributed by atoms with Crippen LogP contribution in [0, 0.1) is 11.5 Å². The number of nitrogens with zero attached hydrogens (tertiary/aromatic N) is 5. The first-order chi connectivity index (χ1) is 14.7. The normalized spacial score (nSPS) is 24.9. The van der Waals surface area contributed by atoms with E-state index in [9.17, 15) is 10.1 Å². The summed E-state index contributed by atoms with van der Waals surface area (Å²) in [4.78, 5) is 19.5. The van der Waals surface area contributed by atoms with Crippen LogP contribution in [0.15, 0.2) is 42.6 Å². The van der Waals surface area contributed by atoms with Crippen molar-refractivity contribution in [3.05, 3.63) is 53.9 Å². The molecule has 3 atom stereocenters. The average Bonchev–Trinajstić information content (AvgIpc) is 3.31. The van der Waals surface area contributed by atoms with Crippen LogP contribution in [0.2, 0.25) is 0 Å². The lowest BCUT2D eigenvalue weighted by atomic mass is 9.95. The maximum absolute atomic E-state index is 12.9. The highest BCUT2D eigenvalue weighted by Gasteiger charge is 2.46. The average molecular weight is 398 g/mol. The number of rotatable bonds is 4. The van der Waals surface area contributed by atoms with Gasteiger partial charge in [0.15, 0.2) is 12.0 Å². The van der Waals surface area contributed by atoms with Crippen molar-refractivity contribution in [3.63, 3.8) is 0 Å². The molecule has 4 heterocycles. The SMILES string of the molecule is N#CN1[C@H]2CC[C@@H]1[C@H](NC(=O)c1ccc3c(cnn3-c3cccc(C4CC4)n3)c1)C2.